The van der Waals surface area contributed by atoms with E-state index in [4.69, 9.17) is 33.4 Å². The van der Waals surface area contributed by atoms with Crippen molar-refractivity contribution in [3.05, 3.63) is 33.8 Å². The Morgan fingerprint density at radius 3 is 2.37 bits per heavy atom. The lowest BCUT2D eigenvalue weighted by atomic mass is 10.1. The Hall–Kier alpha value is -1.79. The highest BCUT2D eigenvalue weighted by molar-refractivity contribution is 6.43. The van der Waals surface area contributed by atoms with Gasteiger partial charge in [-0.3, -0.25) is 9.59 Å². The number of hydrogen-bond acceptors (Lipinski definition) is 3. The minimum atomic E-state index is -1.54. The molecule has 19 heavy (non-hydrogen) atoms. The van der Waals surface area contributed by atoms with E-state index in [1.807, 2.05) is 0 Å². The standard InChI is InChI=1S/C11H9Cl2NO5/c12-6-3-1-2-5(9(6)13)10(17)14-7(11(18)19)4-8(15)16/h1-3,7H,4H2,(H,14,17)(H,15,16)(H,18,19)/t7-/m0/s1. The predicted octanol–water partition coefficient (Wildman–Crippen LogP) is 1.65. The zero-order chi connectivity index (χ0) is 14.6. The molecule has 0 aromatic heterocycles. The summed E-state index contributed by atoms with van der Waals surface area (Å²) < 4.78 is 0. The SMILES string of the molecule is O=C(O)C[C@H](NC(=O)c1cccc(Cl)c1Cl)C(=O)O. The lowest BCUT2D eigenvalue weighted by Crippen LogP contribution is -2.42. The molecule has 1 atom stereocenters. The number of rotatable bonds is 5. The van der Waals surface area contributed by atoms with Crippen LogP contribution in [-0.4, -0.2) is 34.1 Å². The number of carbonyl (C=O) groups excluding carboxylic acids is 1. The van der Waals surface area contributed by atoms with E-state index in [1.54, 1.807) is 0 Å². The largest absolute Gasteiger partial charge is 0.481 e. The molecule has 0 aliphatic heterocycles. The zero-order valence-electron chi connectivity index (χ0n) is 9.39. The van der Waals surface area contributed by atoms with E-state index in [-0.39, 0.29) is 15.6 Å². The van der Waals surface area contributed by atoms with Crippen LogP contribution in [0, 0.1) is 0 Å². The normalized spacial score (nSPS) is 11.7. The Kier molecular flexibility index (Phi) is 5.14. The molecule has 0 unspecified atom stereocenters. The molecule has 0 saturated carbocycles. The molecule has 1 aromatic carbocycles. The van der Waals surface area contributed by atoms with E-state index in [0.29, 0.717) is 0 Å². The quantitative estimate of drug-likeness (QED) is 0.767. The number of benzene rings is 1. The maximum atomic E-state index is 11.8. The van der Waals surface area contributed by atoms with Crippen LogP contribution in [0.2, 0.25) is 10.0 Å². The molecule has 0 radical (unpaired) electrons. The fraction of sp³-hybridized carbons (Fsp3) is 0.182. The van der Waals surface area contributed by atoms with Crippen LogP contribution in [0.1, 0.15) is 16.8 Å². The zero-order valence-corrected chi connectivity index (χ0v) is 10.9. The molecule has 102 valence electrons. The summed E-state index contributed by atoms with van der Waals surface area (Å²) in [6, 6.07) is 2.74. The first-order valence-electron chi connectivity index (χ1n) is 5.02. The summed E-state index contributed by atoms with van der Waals surface area (Å²) in [5.74, 6) is -3.60. The molecule has 1 aromatic rings. The van der Waals surface area contributed by atoms with Gasteiger partial charge < -0.3 is 15.5 Å². The van der Waals surface area contributed by atoms with Gasteiger partial charge in [0.25, 0.3) is 5.91 Å². The monoisotopic (exact) mass is 305 g/mol. The fourth-order valence-corrected chi connectivity index (χ4v) is 1.68. The van der Waals surface area contributed by atoms with Crippen LogP contribution in [0.5, 0.6) is 0 Å². The number of aliphatic carboxylic acids is 2. The molecule has 0 aliphatic carbocycles. The van der Waals surface area contributed by atoms with Crippen molar-refractivity contribution >= 4 is 41.0 Å². The Bertz CT molecular complexity index is 532. The number of amides is 1. The highest BCUT2D eigenvalue weighted by Gasteiger charge is 2.24. The summed E-state index contributed by atoms with van der Waals surface area (Å²) in [5.41, 5.74) is -0.0224. The van der Waals surface area contributed by atoms with Gasteiger partial charge in [0.2, 0.25) is 0 Å². The Morgan fingerprint density at radius 1 is 1.21 bits per heavy atom. The van der Waals surface area contributed by atoms with Crippen LogP contribution in [0.3, 0.4) is 0 Å². The number of carbonyl (C=O) groups is 3. The van der Waals surface area contributed by atoms with E-state index >= 15 is 0 Å². The maximum Gasteiger partial charge on any atom is 0.326 e. The lowest BCUT2D eigenvalue weighted by Gasteiger charge is -2.13. The van der Waals surface area contributed by atoms with E-state index < -0.39 is 30.3 Å². The van der Waals surface area contributed by atoms with Crippen molar-refractivity contribution in [3.8, 4) is 0 Å². The Balaban J connectivity index is 2.91. The molecule has 1 amide bonds. The molecule has 0 saturated heterocycles. The summed E-state index contributed by atoms with van der Waals surface area (Å²) >= 11 is 11.5. The number of hydrogen-bond donors (Lipinski definition) is 3. The van der Waals surface area contributed by atoms with Crippen molar-refractivity contribution in [2.45, 2.75) is 12.5 Å². The molecule has 0 bridgehead atoms. The third-order valence-electron chi connectivity index (χ3n) is 2.18. The van der Waals surface area contributed by atoms with Gasteiger partial charge in [-0.15, -0.1) is 0 Å². The van der Waals surface area contributed by atoms with E-state index in [2.05, 4.69) is 5.32 Å². The summed E-state index contributed by atoms with van der Waals surface area (Å²) in [6.45, 7) is 0. The van der Waals surface area contributed by atoms with Gasteiger partial charge in [0, 0.05) is 0 Å². The van der Waals surface area contributed by atoms with Gasteiger partial charge in [-0.05, 0) is 12.1 Å². The van der Waals surface area contributed by atoms with Gasteiger partial charge in [0.1, 0.15) is 6.04 Å². The van der Waals surface area contributed by atoms with Gasteiger partial charge in [-0.25, -0.2) is 4.79 Å². The second kappa shape index (κ2) is 6.40. The first-order valence-corrected chi connectivity index (χ1v) is 5.78. The van der Waals surface area contributed by atoms with Gasteiger partial charge in [0.05, 0.1) is 22.0 Å². The Labute approximate surface area is 117 Å². The lowest BCUT2D eigenvalue weighted by molar-refractivity contribution is -0.145. The first kappa shape index (κ1) is 15.3. The van der Waals surface area contributed by atoms with E-state index in [9.17, 15) is 14.4 Å². The number of carboxylic acid groups (broad SMARTS) is 2. The number of carboxylic acids is 2. The number of halogens is 2. The second-order valence-electron chi connectivity index (χ2n) is 3.56. The summed E-state index contributed by atoms with van der Waals surface area (Å²) in [7, 11) is 0. The third-order valence-corrected chi connectivity index (χ3v) is 3.00. The van der Waals surface area contributed by atoms with Crippen molar-refractivity contribution in [3.63, 3.8) is 0 Å². The molecule has 3 N–H and O–H groups in total. The summed E-state index contributed by atoms with van der Waals surface area (Å²) in [6.07, 6.45) is -0.737. The molecule has 0 fully saturated rings. The van der Waals surface area contributed by atoms with Crippen LogP contribution in [-0.2, 0) is 9.59 Å². The van der Waals surface area contributed by atoms with Crippen molar-refractivity contribution in [1.82, 2.24) is 5.32 Å². The average Bonchev–Trinajstić information content (AvgIpc) is 2.31. The number of nitrogens with one attached hydrogen (secondary N) is 1. The first-order chi connectivity index (χ1) is 8.82. The highest BCUT2D eigenvalue weighted by Crippen LogP contribution is 2.25. The summed E-state index contributed by atoms with van der Waals surface area (Å²) in [4.78, 5) is 33.1. The minimum Gasteiger partial charge on any atom is -0.481 e. The van der Waals surface area contributed by atoms with Gasteiger partial charge >= 0.3 is 11.9 Å². The van der Waals surface area contributed by atoms with Crippen LogP contribution >= 0.6 is 23.2 Å². The second-order valence-corrected chi connectivity index (χ2v) is 4.35. The predicted molar refractivity (Wildman–Crippen MR) is 67.6 cm³/mol. The van der Waals surface area contributed by atoms with Gasteiger partial charge in [0.15, 0.2) is 0 Å². The fourth-order valence-electron chi connectivity index (χ4n) is 1.29. The third kappa shape index (κ3) is 4.11. The smallest absolute Gasteiger partial charge is 0.326 e. The van der Waals surface area contributed by atoms with Crippen LogP contribution < -0.4 is 5.32 Å². The topological polar surface area (TPSA) is 104 Å². The molecular formula is C11H9Cl2NO5. The molecule has 0 spiro atoms. The van der Waals surface area contributed by atoms with Crippen molar-refractivity contribution in [1.29, 1.82) is 0 Å². The average molecular weight is 306 g/mol. The Morgan fingerprint density at radius 2 is 1.84 bits per heavy atom. The van der Waals surface area contributed by atoms with Crippen LogP contribution in [0.4, 0.5) is 0 Å². The van der Waals surface area contributed by atoms with E-state index in [1.165, 1.54) is 18.2 Å². The van der Waals surface area contributed by atoms with Crippen LogP contribution in [0.15, 0.2) is 18.2 Å². The molecule has 0 aliphatic rings. The molecule has 6 nitrogen and oxygen atoms in total. The molecule has 8 heteroatoms. The van der Waals surface area contributed by atoms with Gasteiger partial charge in [-0.2, -0.15) is 0 Å². The van der Waals surface area contributed by atoms with Crippen molar-refractivity contribution in [2.75, 3.05) is 0 Å². The maximum absolute atomic E-state index is 11.8. The molecule has 1 rings (SSSR count). The minimum absolute atomic E-state index is 0.0224. The van der Waals surface area contributed by atoms with Gasteiger partial charge in [-0.1, -0.05) is 29.3 Å². The molecular weight excluding hydrogens is 297 g/mol. The van der Waals surface area contributed by atoms with Crippen molar-refractivity contribution in [2.24, 2.45) is 0 Å². The summed E-state index contributed by atoms with van der Waals surface area (Å²) in [5, 5.41) is 19.5. The highest BCUT2D eigenvalue weighted by atomic mass is 35.5. The van der Waals surface area contributed by atoms with E-state index in [0.717, 1.165) is 0 Å². The molecule has 0 heterocycles. The van der Waals surface area contributed by atoms with Crippen LogP contribution in [0.25, 0.3) is 0 Å². The van der Waals surface area contributed by atoms with Crippen molar-refractivity contribution < 1.29 is 24.6 Å².